The maximum Gasteiger partial charge on any atom is 0.0328 e. The smallest absolute Gasteiger partial charge is 0.0328 e. The lowest BCUT2D eigenvalue weighted by molar-refractivity contribution is 0.985. The molecule has 0 aromatic heterocycles. The molecule has 1 nitrogen and oxygen atoms in total. The third kappa shape index (κ3) is 6.87. The Morgan fingerprint density at radius 3 is 2.17 bits per heavy atom. The summed E-state index contributed by atoms with van der Waals surface area (Å²) in [4.78, 5) is 0. The molecule has 0 aromatic rings. The van der Waals surface area contributed by atoms with Gasteiger partial charge in [-0.05, 0) is 12.3 Å². The molecule has 0 atom stereocenters. The zero-order chi connectivity index (χ0) is 9.07. The van der Waals surface area contributed by atoms with Crippen LogP contribution in [0.3, 0.4) is 0 Å². The van der Waals surface area contributed by atoms with Crippen LogP contribution >= 0.6 is 0 Å². The Balaban J connectivity index is 0.000000561. The maximum absolute atomic E-state index is 3.10. The predicted octanol–water partition coefficient (Wildman–Crippen LogP) is 2.80. The molecule has 1 rings (SSSR count). The molecule has 0 bridgehead atoms. The van der Waals surface area contributed by atoms with Gasteiger partial charge in [0.25, 0.3) is 0 Å². The summed E-state index contributed by atoms with van der Waals surface area (Å²) in [5.41, 5.74) is 0. The van der Waals surface area contributed by atoms with Crippen LogP contribution in [0, 0.1) is 0 Å². The van der Waals surface area contributed by atoms with Gasteiger partial charge in [-0.2, -0.15) is 0 Å². The molecule has 1 aliphatic heterocycles. The molecule has 0 unspecified atom stereocenters. The van der Waals surface area contributed by atoms with E-state index in [0.717, 1.165) is 6.54 Å². The van der Waals surface area contributed by atoms with Crippen molar-refractivity contribution in [3.8, 4) is 0 Å². The van der Waals surface area contributed by atoms with Crippen LogP contribution in [-0.2, 0) is 0 Å². The van der Waals surface area contributed by atoms with Crippen molar-refractivity contribution >= 4 is 0 Å². The molecule has 1 heteroatoms. The Kier molecular flexibility index (Phi) is 8.75. The number of nitrogens with one attached hydrogen (secondary N) is 1. The molecule has 1 heterocycles. The lowest BCUT2D eigenvalue weighted by Gasteiger charge is -1.91. The van der Waals surface area contributed by atoms with Gasteiger partial charge in [0.2, 0.25) is 0 Å². The Morgan fingerprint density at radius 2 is 1.42 bits per heavy atom. The first-order valence-corrected chi connectivity index (χ1v) is 4.38. The first-order chi connectivity index (χ1) is 6.00. The second kappa shape index (κ2) is 9.76. The number of allylic oxidation sites excluding steroid dienone is 6. The van der Waals surface area contributed by atoms with E-state index in [1.807, 2.05) is 56.5 Å². The molecule has 0 saturated carbocycles. The van der Waals surface area contributed by atoms with Gasteiger partial charge in [-0.15, -0.1) is 0 Å². The summed E-state index contributed by atoms with van der Waals surface area (Å²) >= 11 is 0. The van der Waals surface area contributed by atoms with E-state index in [0.29, 0.717) is 0 Å². The van der Waals surface area contributed by atoms with Crippen molar-refractivity contribution in [1.82, 2.24) is 5.32 Å². The van der Waals surface area contributed by atoms with Gasteiger partial charge < -0.3 is 5.32 Å². The topological polar surface area (TPSA) is 12.0 Å². The molecular formula is C11H17N. The second-order valence-corrected chi connectivity index (χ2v) is 1.97. The minimum absolute atomic E-state index is 0.898. The summed E-state index contributed by atoms with van der Waals surface area (Å²) in [5, 5.41) is 3.10. The van der Waals surface area contributed by atoms with E-state index < -0.39 is 0 Å². The standard InChI is InChI=1S/C9H11N.C2H6/c1-2-4-6-8-10-9-7-5-3-1;1-2/h1-8,10H,9H2;1-2H3/b3-1+,4-2-,7-5-,8-6-;. The van der Waals surface area contributed by atoms with E-state index in [4.69, 9.17) is 0 Å². The molecule has 0 amide bonds. The summed E-state index contributed by atoms with van der Waals surface area (Å²) in [6.07, 6.45) is 16.0. The molecule has 1 N–H and O–H groups in total. The van der Waals surface area contributed by atoms with Crippen molar-refractivity contribution in [2.24, 2.45) is 0 Å². The summed E-state index contributed by atoms with van der Waals surface area (Å²) in [6, 6.07) is 0. The average molecular weight is 163 g/mol. The second-order valence-electron chi connectivity index (χ2n) is 1.97. The first-order valence-electron chi connectivity index (χ1n) is 4.38. The quantitative estimate of drug-likeness (QED) is 0.579. The fourth-order valence-electron chi connectivity index (χ4n) is 0.663. The summed E-state index contributed by atoms with van der Waals surface area (Å²) in [5.74, 6) is 0. The Morgan fingerprint density at radius 1 is 0.833 bits per heavy atom. The first kappa shape index (κ1) is 10.8. The highest BCUT2D eigenvalue weighted by atomic mass is 14.8. The van der Waals surface area contributed by atoms with Crippen LogP contribution in [0.15, 0.2) is 48.7 Å². The summed E-state index contributed by atoms with van der Waals surface area (Å²) in [6.45, 7) is 4.90. The highest BCUT2D eigenvalue weighted by Gasteiger charge is 1.71. The van der Waals surface area contributed by atoms with Crippen LogP contribution in [0.4, 0.5) is 0 Å². The minimum atomic E-state index is 0.898. The highest BCUT2D eigenvalue weighted by molar-refractivity contribution is 5.16. The zero-order valence-corrected chi connectivity index (χ0v) is 7.83. The largest absolute Gasteiger partial charge is 0.387 e. The third-order valence-corrected chi connectivity index (χ3v) is 1.14. The van der Waals surface area contributed by atoms with Crippen molar-refractivity contribution in [2.75, 3.05) is 6.54 Å². The van der Waals surface area contributed by atoms with Crippen LogP contribution in [0.5, 0.6) is 0 Å². The summed E-state index contributed by atoms with van der Waals surface area (Å²) < 4.78 is 0. The average Bonchev–Trinajstić information content (AvgIpc) is 2.18. The third-order valence-electron chi connectivity index (χ3n) is 1.14. The van der Waals surface area contributed by atoms with Crippen LogP contribution in [0.25, 0.3) is 0 Å². The number of rotatable bonds is 0. The van der Waals surface area contributed by atoms with Crippen molar-refractivity contribution in [3.63, 3.8) is 0 Å². The van der Waals surface area contributed by atoms with Gasteiger partial charge in [-0.25, -0.2) is 0 Å². The van der Waals surface area contributed by atoms with E-state index in [9.17, 15) is 0 Å². The van der Waals surface area contributed by atoms with Crippen molar-refractivity contribution in [3.05, 3.63) is 48.7 Å². The molecule has 0 saturated heterocycles. The van der Waals surface area contributed by atoms with Gasteiger partial charge in [-0.1, -0.05) is 50.3 Å². The van der Waals surface area contributed by atoms with Crippen LogP contribution < -0.4 is 5.32 Å². The SMILES string of the molecule is C1=C\C=C\C=C/CN\C=C/1.CC. The molecule has 0 radical (unpaired) electrons. The molecule has 1 aliphatic rings. The van der Waals surface area contributed by atoms with Crippen LogP contribution in [0.2, 0.25) is 0 Å². The minimum Gasteiger partial charge on any atom is -0.387 e. The Bertz CT molecular complexity index is 163. The van der Waals surface area contributed by atoms with Crippen molar-refractivity contribution in [2.45, 2.75) is 13.8 Å². The number of hydrogen-bond acceptors (Lipinski definition) is 1. The van der Waals surface area contributed by atoms with E-state index in [1.54, 1.807) is 0 Å². The van der Waals surface area contributed by atoms with Crippen LogP contribution in [0.1, 0.15) is 13.8 Å². The molecule has 0 fully saturated rings. The highest BCUT2D eigenvalue weighted by Crippen LogP contribution is 1.83. The molecule has 66 valence electrons. The Hall–Kier alpha value is -1.24. The lowest BCUT2D eigenvalue weighted by atomic mass is 10.4. The molecule has 12 heavy (non-hydrogen) atoms. The fraction of sp³-hybridized carbons (Fsp3) is 0.273. The van der Waals surface area contributed by atoms with E-state index in [1.165, 1.54) is 0 Å². The molecule has 0 aliphatic carbocycles. The lowest BCUT2D eigenvalue weighted by Crippen LogP contribution is -2.02. The van der Waals surface area contributed by atoms with Gasteiger partial charge in [0.1, 0.15) is 0 Å². The van der Waals surface area contributed by atoms with E-state index in [-0.39, 0.29) is 0 Å². The fourth-order valence-corrected chi connectivity index (χ4v) is 0.663. The monoisotopic (exact) mass is 163 g/mol. The van der Waals surface area contributed by atoms with Crippen molar-refractivity contribution < 1.29 is 0 Å². The number of hydrogen-bond donors (Lipinski definition) is 1. The van der Waals surface area contributed by atoms with E-state index >= 15 is 0 Å². The van der Waals surface area contributed by atoms with E-state index in [2.05, 4.69) is 11.4 Å². The van der Waals surface area contributed by atoms with Crippen LogP contribution in [-0.4, -0.2) is 6.54 Å². The van der Waals surface area contributed by atoms with Gasteiger partial charge in [0, 0.05) is 6.54 Å². The van der Waals surface area contributed by atoms with Gasteiger partial charge >= 0.3 is 0 Å². The zero-order valence-electron chi connectivity index (χ0n) is 7.83. The van der Waals surface area contributed by atoms with Gasteiger partial charge in [0.05, 0.1) is 0 Å². The van der Waals surface area contributed by atoms with Gasteiger partial charge in [-0.3, -0.25) is 0 Å². The maximum atomic E-state index is 3.10. The predicted molar refractivity (Wildman–Crippen MR) is 55.9 cm³/mol. The molecular weight excluding hydrogens is 146 g/mol. The van der Waals surface area contributed by atoms with Crippen molar-refractivity contribution in [1.29, 1.82) is 0 Å². The van der Waals surface area contributed by atoms with Gasteiger partial charge in [0.15, 0.2) is 0 Å². The normalized spacial score (nSPS) is 25.2. The molecule has 0 spiro atoms. The molecule has 0 aromatic carbocycles. The summed E-state index contributed by atoms with van der Waals surface area (Å²) in [7, 11) is 0. The Labute approximate surface area is 75.2 Å².